The molecule has 1 aliphatic rings. The number of amides is 1. The fourth-order valence-electron chi connectivity index (χ4n) is 4.66. The highest BCUT2D eigenvalue weighted by molar-refractivity contribution is 6.17. The van der Waals surface area contributed by atoms with E-state index in [9.17, 15) is 9.59 Å². The molecule has 38 heavy (non-hydrogen) atoms. The third-order valence-electron chi connectivity index (χ3n) is 6.67. The van der Waals surface area contributed by atoms with Crippen LogP contribution in [0.1, 0.15) is 54.9 Å². The quantitative estimate of drug-likeness (QED) is 0.287. The second-order valence-electron chi connectivity index (χ2n) is 9.25. The Labute approximate surface area is 220 Å². The predicted molar refractivity (Wildman–Crippen MR) is 141 cm³/mol. The van der Waals surface area contributed by atoms with Gasteiger partial charge in [0.05, 0.1) is 24.3 Å². The van der Waals surface area contributed by atoms with Crippen LogP contribution in [0.2, 0.25) is 0 Å². The molecular weight excluding hydrogens is 486 g/mol. The van der Waals surface area contributed by atoms with Gasteiger partial charge in [0.1, 0.15) is 5.69 Å². The Morgan fingerprint density at radius 3 is 2.68 bits per heavy atom. The van der Waals surface area contributed by atoms with Crippen LogP contribution in [0.3, 0.4) is 0 Å². The highest BCUT2D eigenvalue weighted by Gasteiger charge is 2.32. The zero-order valence-electron chi connectivity index (χ0n) is 21.8. The van der Waals surface area contributed by atoms with Gasteiger partial charge in [-0.05, 0) is 50.8 Å². The minimum absolute atomic E-state index is 0.0160. The first-order valence-corrected chi connectivity index (χ1v) is 13.0. The van der Waals surface area contributed by atoms with Crippen molar-refractivity contribution in [2.45, 2.75) is 45.6 Å². The number of hydrogen-bond donors (Lipinski definition) is 0. The minimum Gasteiger partial charge on any atom is -0.449 e. The smallest absolute Gasteiger partial charge is 0.414 e. The zero-order chi connectivity index (χ0) is 26.6. The van der Waals surface area contributed by atoms with Gasteiger partial charge in [-0.25, -0.2) is 9.78 Å². The molecule has 0 radical (unpaired) electrons. The fourth-order valence-corrected chi connectivity index (χ4v) is 4.66. The number of nitrogens with zero attached hydrogens (tertiary/aromatic N) is 5. The topological polar surface area (TPSA) is 113 Å². The number of hydrogen-bond acceptors (Lipinski definition) is 8. The van der Waals surface area contributed by atoms with E-state index in [-0.39, 0.29) is 30.0 Å². The van der Waals surface area contributed by atoms with Crippen molar-refractivity contribution < 1.29 is 23.5 Å². The average molecular weight is 518 g/mol. The molecule has 198 valence electrons. The van der Waals surface area contributed by atoms with E-state index in [2.05, 4.69) is 15.1 Å². The molecule has 1 aliphatic heterocycles. The van der Waals surface area contributed by atoms with Crippen LogP contribution in [-0.2, 0) is 22.9 Å². The maximum absolute atomic E-state index is 13.8. The van der Waals surface area contributed by atoms with E-state index in [4.69, 9.17) is 13.9 Å². The van der Waals surface area contributed by atoms with Crippen LogP contribution in [0.5, 0.6) is 0 Å². The molecule has 1 fully saturated rings. The summed E-state index contributed by atoms with van der Waals surface area (Å²) in [5.74, 6) is -0.371. The van der Waals surface area contributed by atoms with E-state index in [1.807, 2.05) is 32.3 Å². The van der Waals surface area contributed by atoms with Crippen molar-refractivity contribution in [3.8, 4) is 11.1 Å². The van der Waals surface area contributed by atoms with Gasteiger partial charge in [0.15, 0.2) is 0 Å². The highest BCUT2D eigenvalue weighted by Crippen LogP contribution is 2.37. The van der Waals surface area contributed by atoms with Gasteiger partial charge in [-0.3, -0.25) is 19.4 Å². The number of carbonyl (C=O) groups is 2. The maximum atomic E-state index is 13.8. The Hall–Kier alpha value is -4.05. The molecule has 5 heterocycles. The van der Waals surface area contributed by atoms with Gasteiger partial charge < -0.3 is 13.9 Å². The molecule has 10 nitrogen and oxygen atoms in total. The predicted octanol–water partition coefficient (Wildman–Crippen LogP) is 4.95. The number of fused-ring (bicyclic) bond motifs is 1. The van der Waals surface area contributed by atoms with Crippen molar-refractivity contribution in [3.63, 3.8) is 0 Å². The molecular formula is C28H31N5O5. The average Bonchev–Trinajstić information content (AvgIpc) is 3.69. The first kappa shape index (κ1) is 25.6. The molecule has 0 aliphatic carbocycles. The van der Waals surface area contributed by atoms with Crippen LogP contribution in [0.15, 0.2) is 47.4 Å². The number of pyridine rings is 2. The fraction of sp³-hybridized carbons (Fsp3) is 0.393. The summed E-state index contributed by atoms with van der Waals surface area (Å²) in [6, 6.07) is 5.40. The number of aryl methyl sites for hydroxylation is 2. The lowest BCUT2D eigenvalue weighted by Gasteiger charge is -2.23. The van der Waals surface area contributed by atoms with Crippen LogP contribution >= 0.6 is 0 Å². The van der Waals surface area contributed by atoms with Crippen LogP contribution < -0.4 is 4.90 Å². The first-order chi connectivity index (χ1) is 18.5. The molecule has 0 saturated carbocycles. The number of ether oxygens (including phenoxy) is 2. The molecule has 1 unspecified atom stereocenters. The molecule has 1 saturated heterocycles. The van der Waals surface area contributed by atoms with Crippen molar-refractivity contribution >= 4 is 28.7 Å². The third kappa shape index (κ3) is 5.17. The van der Waals surface area contributed by atoms with Crippen LogP contribution in [0, 0.1) is 0 Å². The van der Waals surface area contributed by atoms with Crippen molar-refractivity contribution in [2.24, 2.45) is 7.05 Å². The molecule has 4 aromatic rings. The minimum atomic E-state index is -0.562. The number of carbonyl (C=O) groups excluding carboxylic acids is 2. The summed E-state index contributed by atoms with van der Waals surface area (Å²) < 4.78 is 19.0. The molecule has 0 aromatic carbocycles. The normalized spacial score (nSPS) is 15.2. The van der Waals surface area contributed by atoms with Gasteiger partial charge in [0.2, 0.25) is 17.3 Å². The van der Waals surface area contributed by atoms with Crippen molar-refractivity contribution in [1.29, 1.82) is 0 Å². The van der Waals surface area contributed by atoms with Crippen LogP contribution in [-0.4, -0.2) is 57.5 Å². The molecule has 1 atom stereocenters. The van der Waals surface area contributed by atoms with Crippen molar-refractivity contribution in [2.75, 3.05) is 24.7 Å². The zero-order valence-corrected chi connectivity index (χ0v) is 21.8. The van der Waals surface area contributed by atoms with Gasteiger partial charge >= 0.3 is 6.09 Å². The lowest BCUT2D eigenvalue weighted by atomic mass is 10.1. The van der Waals surface area contributed by atoms with E-state index < -0.39 is 6.09 Å². The van der Waals surface area contributed by atoms with Gasteiger partial charge in [-0.15, -0.1) is 0 Å². The Balaban J connectivity index is 1.64. The largest absolute Gasteiger partial charge is 0.449 e. The molecule has 1 amide bonds. The Bertz CT molecular complexity index is 1440. The van der Waals surface area contributed by atoms with Crippen molar-refractivity contribution in [3.05, 3.63) is 60.0 Å². The number of rotatable bonds is 9. The molecule has 0 spiro atoms. The Morgan fingerprint density at radius 2 is 2.03 bits per heavy atom. The second-order valence-corrected chi connectivity index (χ2v) is 9.25. The van der Waals surface area contributed by atoms with E-state index >= 15 is 0 Å². The first-order valence-electron chi connectivity index (χ1n) is 13.0. The van der Waals surface area contributed by atoms with Gasteiger partial charge in [0.25, 0.3) is 0 Å². The summed E-state index contributed by atoms with van der Waals surface area (Å²) >= 11 is 0. The maximum Gasteiger partial charge on any atom is 0.414 e. The number of furan rings is 1. The molecule has 0 N–H and O–H groups in total. The Kier molecular flexibility index (Phi) is 7.50. The number of aromatic nitrogens is 4. The highest BCUT2D eigenvalue weighted by atomic mass is 16.6. The monoisotopic (exact) mass is 517 g/mol. The van der Waals surface area contributed by atoms with Crippen LogP contribution in [0.25, 0.3) is 22.2 Å². The van der Waals surface area contributed by atoms with Gasteiger partial charge in [-0.1, -0.05) is 6.92 Å². The van der Waals surface area contributed by atoms with E-state index in [1.54, 1.807) is 30.1 Å². The summed E-state index contributed by atoms with van der Waals surface area (Å²) in [4.78, 5) is 37.4. The van der Waals surface area contributed by atoms with Gasteiger partial charge in [-0.2, -0.15) is 5.10 Å². The molecule has 4 aromatic heterocycles. The number of ketones is 1. The second kappa shape index (κ2) is 11.1. The molecule has 5 rings (SSSR count). The van der Waals surface area contributed by atoms with E-state index in [1.165, 1.54) is 11.1 Å². The lowest BCUT2D eigenvalue weighted by Crippen LogP contribution is -2.35. The van der Waals surface area contributed by atoms with E-state index in [0.717, 1.165) is 36.1 Å². The lowest BCUT2D eigenvalue weighted by molar-refractivity contribution is 0.101. The summed E-state index contributed by atoms with van der Waals surface area (Å²) in [6.45, 7) is 4.94. The van der Waals surface area contributed by atoms with Gasteiger partial charge in [0, 0.05) is 61.2 Å². The van der Waals surface area contributed by atoms with E-state index in [0.29, 0.717) is 36.2 Å². The van der Waals surface area contributed by atoms with Crippen LogP contribution in [0.4, 0.5) is 10.5 Å². The standard InChI is InChI=1S/C28H31N5O5/c1-4-21-9-8-18(14-29-21)25(34)26-24(33(28(35)36-5-2)11-10-22-7-6-12-37-22)23-13-19(15-30-27(23)38-26)20-16-31-32(3)17-20/h8-9,13-17,22H,4-7,10-12H2,1-3H3. The number of anilines is 1. The summed E-state index contributed by atoms with van der Waals surface area (Å²) in [6.07, 6.45) is 9.55. The summed E-state index contributed by atoms with van der Waals surface area (Å²) in [5, 5.41) is 4.79. The van der Waals surface area contributed by atoms with Crippen molar-refractivity contribution in [1.82, 2.24) is 19.7 Å². The summed E-state index contributed by atoms with van der Waals surface area (Å²) in [5.41, 5.74) is 3.45. The third-order valence-corrected chi connectivity index (χ3v) is 6.67. The SMILES string of the molecule is CCOC(=O)N(CCC1CCCO1)c1c(C(=O)c2ccc(CC)nc2)oc2ncc(-c3cnn(C)c3)cc12. The summed E-state index contributed by atoms with van der Waals surface area (Å²) in [7, 11) is 1.83. The molecule has 0 bridgehead atoms. The molecule has 10 heteroatoms. The Morgan fingerprint density at radius 1 is 1.16 bits per heavy atom.